The molecule has 3 aromatic rings. The summed E-state index contributed by atoms with van der Waals surface area (Å²) in [5.74, 6) is -0.927. The molecule has 0 fully saturated rings. The van der Waals surface area contributed by atoms with Crippen LogP contribution in [0.3, 0.4) is 0 Å². The van der Waals surface area contributed by atoms with Crippen LogP contribution in [0.4, 0.5) is 19.0 Å². The summed E-state index contributed by atoms with van der Waals surface area (Å²) in [4.78, 5) is 0. The van der Waals surface area contributed by atoms with Crippen LogP contribution >= 0.6 is 0 Å². The van der Waals surface area contributed by atoms with Gasteiger partial charge >= 0.3 is 6.18 Å². The fourth-order valence-electron chi connectivity index (χ4n) is 1.57. The van der Waals surface area contributed by atoms with Gasteiger partial charge in [0, 0.05) is 6.07 Å². The fraction of sp³-hybridized carbons (Fsp3) is 0.200. The van der Waals surface area contributed by atoms with E-state index >= 15 is 0 Å². The number of alkyl halides is 3. The lowest BCUT2D eigenvalue weighted by molar-refractivity contribution is -0.146. The van der Waals surface area contributed by atoms with E-state index in [9.17, 15) is 13.2 Å². The van der Waals surface area contributed by atoms with E-state index in [2.05, 4.69) is 30.3 Å². The molecule has 0 bridgehead atoms. The van der Waals surface area contributed by atoms with Crippen LogP contribution in [0, 0.1) is 0 Å². The van der Waals surface area contributed by atoms with Crippen LogP contribution in [-0.4, -0.2) is 25.0 Å². The molecular weight excluding hydrogens is 277 g/mol. The van der Waals surface area contributed by atoms with Crippen molar-refractivity contribution in [3.8, 4) is 0 Å². The van der Waals surface area contributed by atoms with E-state index in [1.165, 1.54) is 18.4 Å². The lowest BCUT2D eigenvalue weighted by Gasteiger charge is -2.06. The second kappa shape index (κ2) is 4.47. The maximum absolute atomic E-state index is 12.7. The van der Waals surface area contributed by atoms with Crippen LogP contribution in [0.15, 0.2) is 29.0 Å². The number of hydrogen-bond donors (Lipinski definition) is 1. The lowest BCUT2D eigenvalue weighted by atomic mass is 10.4. The molecule has 104 valence electrons. The number of hydrogen-bond acceptors (Lipinski definition) is 6. The first-order valence-corrected chi connectivity index (χ1v) is 5.47. The van der Waals surface area contributed by atoms with Crippen molar-refractivity contribution in [2.75, 3.05) is 5.32 Å². The minimum absolute atomic E-state index is 0.0179. The van der Waals surface area contributed by atoms with Crippen LogP contribution in [0.2, 0.25) is 0 Å². The average Bonchev–Trinajstić information content (AvgIpc) is 3.04. The molecule has 0 unspecified atom stereocenters. The Kier molecular flexibility index (Phi) is 2.77. The van der Waals surface area contributed by atoms with Crippen molar-refractivity contribution in [2.24, 2.45) is 0 Å². The van der Waals surface area contributed by atoms with Crippen molar-refractivity contribution in [3.05, 3.63) is 36.0 Å². The second-order valence-electron chi connectivity index (χ2n) is 3.85. The van der Waals surface area contributed by atoms with E-state index in [-0.39, 0.29) is 18.0 Å². The molecule has 10 heteroatoms. The monoisotopic (exact) mass is 284 g/mol. The normalized spacial score (nSPS) is 11.9. The highest BCUT2D eigenvalue weighted by molar-refractivity contribution is 5.44. The van der Waals surface area contributed by atoms with Gasteiger partial charge in [-0.1, -0.05) is 5.16 Å². The van der Waals surface area contributed by atoms with Gasteiger partial charge in [0.25, 0.3) is 5.82 Å². The molecule has 7 nitrogen and oxygen atoms in total. The third kappa shape index (κ3) is 2.27. The van der Waals surface area contributed by atoms with Crippen LogP contribution in [0.5, 0.6) is 0 Å². The Labute approximate surface area is 109 Å². The van der Waals surface area contributed by atoms with E-state index < -0.39 is 12.0 Å². The van der Waals surface area contributed by atoms with Gasteiger partial charge in [-0.15, -0.1) is 15.3 Å². The molecule has 0 aromatic carbocycles. The summed E-state index contributed by atoms with van der Waals surface area (Å²) < 4.78 is 43.3. The molecule has 3 aromatic heterocycles. The third-order valence-electron chi connectivity index (χ3n) is 2.46. The minimum Gasteiger partial charge on any atom is -0.364 e. The zero-order chi connectivity index (χ0) is 14.2. The molecule has 20 heavy (non-hydrogen) atoms. The van der Waals surface area contributed by atoms with Crippen LogP contribution < -0.4 is 5.32 Å². The van der Waals surface area contributed by atoms with Gasteiger partial charge in [-0.3, -0.25) is 0 Å². The Morgan fingerprint density at radius 3 is 2.75 bits per heavy atom. The largest absolute Gasteiger partial charge is 0.453 e. The summed E-state index contributed by atoms with van der Waals surface area (Å²) in [7, 11) is 0. The molecule has 3 rings (SSSR count). The van der Waals surface area contributed by atoms with Gasteiger partial charge in [0.1, 0.15) is 17.8 Å². The molecule has 1 N–H and O–H groups in total. The van der Waals surface area contributed by atoms with Crippen molar-refractivity contribution < 1.29 is 17.7 Å². The highest BCUT2D eigenvalue weighted by Gasteiger charge is 2.37. The molecule has 0 saturated heterocycles. The Morgan fingerprint density at radius 1 is 1.20 bits per heavy atom. The number of halogens is 3. The SMILES string of the molecule is FC(F)(F)c1nnc2ccc(NCc3ccon3)nn12. The zero-order valence-corrected chi connectivity index (χ0v) is 9.79. The van der Waals surface area contributed by atoms with Crippen LogP contribution in [-0.2, 0) is 12.7 Å². The van der Waals surface area contributed by atoms with Gasteiger partial charge in [-0.25, -0.2) is 0 Å². The number of anilines is 1. The van der Waals surface area contributed by atoms with Crippen LogP contribution in [0.25, 0.3) is 5.65 Å². The summed E-state index contributed by atoms with van der Waals surface area (Å²) in [5, 5.41) is 16.8. The number of fused-ring (bicyclic) bond motifs is 1. The van der Waals surface area contributed by atoms with E-state index in [0.717, 1.165) is 0 Å². The first-order chi connectivity index (χ1) is 9.54. The standard InChI is InChI=1S/C10H7F3N6O/c11-10(12,13)9-16-15-8-2-1-7(17-19(8)9)14-5-6-3-4-20-18-6/h1-4H,5H2,(H,14,17). The van der Waals surface area contributed by atoms with E-state index in [1.54, 1.807) is 6.07 Å². The summed E-state index contributed by atoms with van der Waals surface area (Å²) in [6.07, 6.45) is -3.22. The quantitative estimate of drug-likeness (QED) is 0.789. The molecular formula is C10H7F3N6O. The van der Waals surface area contributed by atoms with Gasteiger partial charge in [0.15, 0.2) is 5.65 Å². The fourth-order valence-corrected chi connectivity index (χ4v) is 1.57. The minimum atomic E-state index is -4.61. The predicted octanol–water partition coefficient (Wildman–Crippen LogP) is 1.74. The molecule has 0 aliphatic rings. The smallest absolute Gasteiger partial charge is 0.364 e. The molecule has 0 saturated carbocycles. The zero-order valence-electron chi connectivity index (χ0n) is 9.79. The van der Waals surface area contributed by atoms with Gasteiger partial charge in [0.05, 0.1) is 6.54 Å². The van der Waals surface area contributed by atoms with Crippen molar-refractivity contribution in [3.63, 3.8) is 0 Å². The molecule has 0 aliphatic heterocycles. The van der Waals surface area contributed by atoms with Gasteiger partial charge < -0.3 is 9.84 Å². The molecule has 3 heterocycles. The third-order valence-corrected chi connectivity index (χ3v) is 2.46. The summed E-state index contributed by atoms with van der Waals surface area (Å²) in [5.41, 5.74) is 0.621. The van der Waals surface area contributed by atoms with Crippen molar-refractivity contribution in [2.45, 2.75) is 12.7 Å². The van der Waals surface area contributed by atoms with Crippen molar-refractivity contribution in [1.29, 1.82) is 0 Å². The van der Waals surface area contributed by atoms with Gasteiger partial charge in [-0.05, 0) is 12.1 Å². The Morgan fingerprint density at radius 2 is 2.05 bits per heavy atom. The summed E-state index contributed by atoms with van der Waals surface area (Å²) in [6.45, 7) is 0.276. The van der Waals surface area contributed by atoms with E-state index in [0.29, 0.717) is 10.2 Å². The van der Waals surface area contributed by atoms with E-state index in [1.807, 2.05) is 0 Å². The predicted molar refractivity (Wildman–Crippen MR) is 59.6 cm³/mol. The number of rotatable bonds is 3. The Bertz CT molecular complexity index is 720. The van der Waals surface area contributed by atoms with Crippen LogP contribution in [0.1, 0.15) is 11.5 Å². The highest BCUT2D eigenvalue weighted by Crippen LogP contribution is 2.27. The Hall–Kier alpha value is -2.65. The second-order valence-corrected chi connectivity index (χ2v) is 3.85. The number of nitrogens with one attached hydrogen (secondary N) is 1. The molecule has 0 spiro atoms. The van der Waals surface area contributed by atoms with Crippen molar-refractivity contribution >= 4 is 11.5 Å². The summed E-state index contributed by atoms with van der Waals surface area (Å²) in [6, 6.07) is 4.52. The topological polar surface area (TPSA) is 81.1 Å². The van der Waals surface area contributed by atoms with Gasteiger partial charge in [0.2, 0.25) is 0 Å². The maximum Gasteiger partial charge on any atom is 0.453 e. The summed E-state index contributed by atoms with van der Waals surface area (Å²) >= 11 is 0. The molecule has 0 atom stereocenters. The van der Waals surface area contributed by atoms with E-state index in [4.69, 9.17) is 0 Å². The number of nitrogens with zero attached hydrogens (tertiary/aromatic N) is 5. The molecule has 0 radical (unpaired) electrons. The molecule has 0 amide bonds. The van der Waals surface area contributed by atoms with Crippen molar-refractivity contribution in [1.82, 2.24) is 25.0 Å². The maximum atomic E-state index is 12.7. The highest BCUT2D eigenvalue weighted by atomic mass is 19.4. The molecule has 0 aliphatic carbocycles. The first kappa shape index (κ1) is 12.4. The Balaban J connectivity index is 1.89. The first-order valence-electron chi connectivity index (χ1n) is 5.47. The number of aromatic nitrogens is 5. The van der Waals surface area contributed by atoms with Gasteiger partial charge in [-0.2, -0.15) is 17.7 Å². The lowest BCUT2D eigenvalue weighted by Crippen LogP contribution is -2.13. The average molecular weight is 284 g/mol.